The number of aromatic nitrogens is 3. The maximum atomic E-state index is 13.7. The number of hydrogen-bond donors (Lipinski definition) is 2. The van der Waals surface area contributed by atoms with Gasteiger partial charge in [0.1, 0.15) is 12.0 Å². The summed E-state index contributed by atoms with van der Waals surface area (Å²) in [5.41, 5.74) is 3.33. The molecular weight excluding hydrogens is 496 g/mol. The molecule has 9 nitrogen and oxygen atoms in total. The number of ketones is 1. The van der Waals surface area contributed by atoms with Gasteiger partial charge in [-0.1, -0.05) is 53.7 Å². The normalized spacial score (nSPS) is 11.1. The van der Waals surface area contributed by atoms with Crippen molar-refractivity contribution >= 4 is 33.9 Å². The lowest BCUT2D eigenvalue weighted by molar-refractivity contribution is 0.0696. The molecule has 0 unspecified atom stereocenters. The Morgan fingerprint density at radius 2 is 1.64 bits per heavy atom. The fourth-order valence-corrected chi connectivity index (χ4v) is 4.49. The summed E-state index contributed by atoms with van der Waals surface area (Å²) < 4.78 is 6.47. The third kappa shape index (κ3) is 4.53. The highest BCUT2D eigenvalue weighted by molar-refractivity contribution is 6.17. The first-order valence-corrected chi connectivity index (χ1v) is 12.0. The Balaban J connectivity index is 1.39. The molecule has 1 amide bonds. The van der Waals surface area contributed by atoms with Crippen molar-refractivity contribution in [3.8, 4) is 11.3 Å². The molecular formula is C30H20N4O5. The van der Waals surface area contributed by atoms with Crippen molar-refractivity contribution in [3.63, 3.8) is 0 Å². The van der Waals surface area contributed by atoms with Gasteiger partial charge >= 0.3 is 5.97 Å². The number of benzene rings is 3. The third-order valence-corrected chi connectivity index (χ3v) is 6.50. The van der Waals surface area contributed by atoms with Gasteiger partial charge in [0.15, 0.2) is 5.78 Å². The minimum absolute atomic E-state index is 0.154. The smallest absolute Gasteiger partial charge is 0.335 e. The number of fused-ring (bicyclic) bond motifs is 2. The lowest BCUT2D eigenvalue weighted by Crippen LogP contribution is -2.24. The molecule has 0 aliphatic heterocycles. The van der Waals surface area contributed by atoms with Crippen LogP contribution in [0.15, 0.2) is 102 Å². The Labute approximate surface area is 221 Å². The fourth-order valence-electron chi connectivity index (χ4n) is 4.49. The van der Waals surface area contributed by atoms with Crippen LogP contribution in [0.5, 0.6) is 0 Å². The van der Waals surface area contributed by atoms with E-state index in [2.05, 4.69) is 15.6 Å². The van der Waals surface area contributed by atoms with Crippen LogP contribution in [-0.2, 0) is 6.54 Å². The Hall–Kier alpha value is -5.57. The average Bonchev–Trinajstić information content (AvgIpc) is 3.66. The van der Waals surface area contributed by atoms with Crippen LogP contribution >= 0.6 is 0 Å². The highest BCUT2D eigenvalue weighted by atomic mass is 16.5. The summed E-state index contributed by atoms with van der Waals surface area (Å²) in [5, 5.41) is 22.3. The maximum absolute atomic E-state index is 13.7. The average molecular weight is 517 g/mol. The predicted octanol–water partition coefficient (Wildman–Crippen LogP) is 5.00. The summed E-state index contributed by atoms with van der Waals surface area (Å²) >= 11 is 0. The quantitative estimate of drug-likeness (QED) is 0.286. The monoisotopic (exact) mass is 516 g/mol. The van der Waals surface area contributed by atoms with E-state index in [9.17, 15) is 14.4 Å². The van der Waals surface area contributed by atoms with Crippen LogP contribution in [0, 0.1) is 0 Å². The summed E-state index contributed by atoms with van der Waals surface area (Å²) in [5.74, 6) is -1.72. The minimum atomic E-state index is -1.03. The van der Waals surface area contributed by atoms with Gasteiger partial charge in [-0.3, -0.25) is 9.59 Å². The Morgan fingerprint density at radius 3 is 2.38 bits per heavy atom. The lowest BCUT2D eigenvalue weighted by atomic mass is 9.99. The van der Waals surface area contributed by atoms with Crippen LogP contribution in [0.3, 0.4) is 0 Å². The number of nitrogens with one attached hydrogen (secondary N) is 1. The van der Waals surface area contributed by atoms with Gasteiger partial charge in [-0.15, -0.1) is 0 Å². The molecule has 3 aromatic heterocycles. The van der Waals surface area contributed by atoms with E-state index < -0.39 is 11.9 Å². The lowest BCUT2D eigenvalue weighted by Gasteiger charge is -2.10. The van der Waals surface area contributed by atoms with E-state index in [1.165, 1.54) is 29.1 Å². The summed E-state index contributed by atoms with van der Waals surface area (Å²) in [4.78, 5) is 38.3. The van der Waals surface area contributed by atoms with Crippen molar-refractivity contribution in [3.05, 3.63) is 125 Å². The molecule has 6 aromatic rings. The first-order chi connectivity index (χ1) is 19.0. The van der Waals surface area contributed by atoms with Gasteiger partial charge in [-0.05, 0) is 40.6 Å². The number of pyridine rings is 1. The second-order valence-corrected chi connectivity index (χ2v) is 8.95. The van der Waals surface area contributed by atoms with Crippen LogP contribution < -0.4 is 5.32 Å². The first-order valence-electron chi connectivity index (χ1n) is 12.0. The largest absolute Gasteiger partial charge is 0.478 e. The van der Waals surface area contributed by atoms with Crippen molar-refractivity contribution < 1.29 is 24.0 Å². The molecule has 190 valence electrons. The number of amides is 1. The van der Waals surface area contributed by atoms with Gasteiger partial charge in [-0.25, -0.2) is 9.31 Å². The van der Waals surface area contributed by atoms with Crippen molar-refractivity contribution in [1.82, 2.24) is 20.1 Å². The molecule has 9 heteroatoms. The highest BCUT2D eigenvalue weighted by Crippen LogP contribution is 2.27. The number of carboxylic acid groups (broad SMARTS) is 1. The zero-order valence-electron chi connectivity index (χ0n) is 20.4. The third-order valence-electron chi connectivity index (χ3n) is 6.50. The van der Waals surface area contributed by atoms with E-state index in [4.69, 9.17) is 9.63 Å². The van der Waals surface area contributed by atoms with Crippen molar-refractivity contribution in [2.24, 2.45) is 0 Å². The molecule has 0 bridgehead atoms. The zero-order chi connectivity index (χ0) is 26.9. The van der Waals surface area contributed by atoms with E-state index in [0.717, 1.165) is 16.3 Å². The van der Waals surface area contributed by atoms with Gasteiger partial charge in [0.05, 0.1) is 28.4 Å². The zero-order valence-corrected chi connectivity index (χ0v) is 20.4. The minimum Gasteiger partial charge on any atom is -0.478 e. The molecule has 0 fully saturated rings. The number of nitrogens with zero attached hydrogens (tertiary/aromatic N) is 3. The molecule has 0 aliphatic rings. The van der Waals surface area contributed by atoms with Crippen LogP contribution in [0.2, 0.25) is 0 Å². The number of carboxylic acids is 1. The molecule has 2 N–H and O–H groups in total. The SMILES string of the molecule is O=C(O)c1ccc(CNC(=O)c2cc(-c3ccon3)cn3ncc(C(=O)c4ccc5ccccc5c4)c23)cc1. The van der Waals surface area contributed by atoms with Gasteiger partial charge in [0, 0.05) is 29.9 Å². The van der Waals surface area contributed by atoms with Gasteiger partial charge in [-0.2, -0.15) is 5.10 Å². The van der Waals surface area contributed by atoms with Crippen LogP contribution in [0.25, 0.3) is 27.5 Å². The van der Waals surface area contributed by atoms with Crippen molar-refractivity contribution in [2.45, 2.75) is 6.54 Å². The van der Waals surface area contributed by atoms with E-state index in [1.54, 1.807) is 36.5 Å². The maximum Gasteiger partial charge on any atom is 0.335 e. The van der Waals surface area contributed by atoms with Crippen LogP contribution in [-0.4, -0.2) is 37.5 Å². The van der Waals surface area contributed by atoms with E-state index in [1.807, 2.05) is 36.4 Å². The number of rotatable bonds is 7. The first kappa shape index (κ1) is 23.8. The molecule has 0 aliphatic carbocycles. The van der Waals surface area contributed by atoms with Crippen molar-refractivity contribution in [1.29, 1.82) is 0 Å². The number of carbonyl (C=O) groups excluding carboxylic acids is 2. The van der Waals surface area contributed by atoms with E-state index in [0.29, 0.717) is 22.3 Å². The Kier molecular flexibility index (Phi) is 5.93. The molecule has 0 radical (unpaired) electrons. The van der Waals surface area contributed by atoms with Crippen LogP contribution in [0.1, 0.15) is 42.2 Å². The van der Waals surface area contributed by atoms with Crippen LogP contribution in [0.4, 0.5) is 0 Å². The highest BCUT2D eigenvalue weighted by Gasteiger charge is 2.23. The van der Waals surface area contributed by atoms with Crippen molar-refractivity contribution in [2.75, 3.05) is 0 Å². The molecule has 0 atom stereocenters. The molecule has 0 saturated heterocycles. The van der Waals surface area contributed by atoms with Gasteiger partial charge in [0.25, 0.3) is 5.91 Å². The second kappa shape index (κ2) is 9.71. The summed E-state index contributed by atoms with van der Waals surface area (Å²) in [6.07, 6.45) is 4.57. The van der Waals surface area contributed by atoms with Gasteiger partial charge in [0.2, 0.25) is 0 Å². The topological polar surface area (TPSA) is 127 Å². The van der Waals surface area contributed by atoms with Gasteiger partial charge < -0.3 is 14.9 Å². The number of aromatic carboxylic acids is 1. The number of carbonyl (C=O) groups is 3. The predicted molar refractivity (Wildman–Crippen MR) is 143 cm³/mol. The molecule has 39 heavy (non-hydrogen) atoms. The molecule has 3 aromatic carbocycles. The van der Waals surface area contributed by atoms with E-state index >= 15 is 0 Å². The number of hydrogen-bond acceptors (Lipinski definition) is 6. The summed E-state index contributed by atoms with van der Waals surface area (Å²) in [6.45, 7) is 0.154. The fraction of sp³-hybridized carbons (Fsp3) is 0.0333. The molecule has 3 heterocycles. The standard InChI is InChI=1S/C30H20N4O5/c35-28(22-10-9-19-3-1-2-4-21(19)13-22)25-16-32-34-17-23(26-11-12-39-33-26)14-24(27(25)34)29(36)31-15-18-5-7-20(8-6-18)30(37)38/h1-14,16-17H,15H2,(H,31,36)(H,37,38). The molecule has 0 spiro atoms. The Bertz CT molecular complexity index is 1870. The second-order valence-electron chi connectivity index (χ2n) is 8.95. The Morgan fingerprint density at radius 1 is 0.872 bits per heavy atom. The molecule has 0 saturated carbocycles. The summed E-state index contributed by atoms with van der Waals surface area (Å²) in [6, 6.07) is 22.8. The van der Waals surface area contributed by atoms with E-state index in [-0.39, 0.29) is 29.0 Å². The molecule has 6 rings (SSSR count). The summed E-state index contributed by atoms with van der Waals surface area (Å²) in [7, 11) is 0.